The molecule has 5 rings (SSSR count). The second-order valence-electron chi connectivity index (χ2n) is 9.21. The lowest BCUT2D eigenvalue weighted by molar-refractivity contribution is 0.0981. The summed E-state index contributed by atoms with van der Waals surface area (Å²) in [5.74, 6) is 0.847. The van der Waals surface area contributed by atoms with Crippen molar-refractivity contribution in [2.45, 2.75) is 39.9 Å². The Hall–Kier alpha value is -3.20. The van der Waals surface area contributed by atoms with Crippen LogP contribution in [0.1, 0.15) is 30.5 Å². The maximum atomic E-state index is 6.09. The fourth-order valence-electron chi connectivity index (χ4n) is 4.91. The highest BCUT2D eigenvalue weighted by atomic mass is 32.1. The van der Waals surface area contributed by atoms with Gasteiger partial charge in [0, 0.05) is 63.1 Å². The van der Waals surface area contributed by atoms with Crippen molar-refractivity contribution in [3.63, 3.8) is 0 Å². The largest absolute Gasteiger partial charge is 0.297 e. The van der Waals surface area contributed by atoms with Crippen molar-refractivity contribution in [1.82, 2.24) is 34.1 Å². The molecule has 0 amide bonds. The molecular formula is C28H33N7S. The Labute approximate surface area is 218 Å². The number of aryl methyl sites for hydroxylation is 2. The molecule has 4 heterocycles. The van der Waals surface area contributed by atoms with Crippen LogP contribution < -0.4 is 0 Å². The van der Waals surface area contributed by atoms with E-state index in [4.69, 9.17) is 17.3 Å². The molecule has 0 N–H and O–H groups in total. The SMILES string of the molecule is CCc1cccc(CC)c1-n1c(-c2cccnc2)nn(CN2CCN(Cc3ccncc3)CC2)c1=S. The van der Waals surface area contributed by atoms with E-state index in [1.54, 1.807) is 6.20 Å². The number of benzene rings is 1. The Morgan fingerprint density at radius 1 is 0.806 bits per heavy atom. The lowest BCUT2D eigenvalue weighted by Crippen LogP contribution is -2.46. The summed E-state index contributed by atoms with van der Waals surface area (Å²) in [6.07, 6.45) is 9.26. The second kappa shape index (κ2) is 11.2. The molecule has 0 bridgehead atoms. The number of nitrogens with zero attached hydrogens (tertiary/aromatic N) is 7. The fourth-order valence-corrected chi connectivity index (χ4v) is 5.19. The second-order valence-corrected chi connectivity index (χ2v) is 9.57. The molecule has 36 heavy (non-hydrogen) atoms. The van der Waals surface area contributed by atoms with Crippen LogP contribution in [0.4, 0.5) is 0 Å². The van der Waals surface area contributed by atoms with Gasteiger partial charge in [0.1, 0.15) is 0 Å². The number of piperazine rings is 1. The van der Waals surface area contributed by atoms with E-state index in [0.717, 1.165) is 61.7 Å². The predicted molar refractivity (Wildman–Crippen MR) is 145 cm³/mol. The minimum absolute atomic E-state index is 0.679. The summed E-state index contributed by atoms with van der Waals surface area (Å²) < 4.78 is 4.88. The molecule has 0 aliphatic carbocycles. The van der Waals surface area contributed by atoms with Gasteiger partial charge in [-0.1, -0.05) is 32.0 Å². The summed E-state index contributed by atoms with van der Waals surface area (Å²) in [4.78, 5) is 13.4. The van der Waals surface area contributed by atoms with Gasteiger partial charge < -0.3 is 0 Å². The van der Waals surface area contributed by atoms with Crippen LogP contribution in [-0.4, -0.2) is 60.3 Å². The summed E-state index contributed by atoms with van der Waals surface area (Å²) in [6, 6.07) is 14.7. The fraction of sp³-hybridized carbons (Fsp3) is 0.357. The highest BCUT2D eigenvalue weighted by Gasteiger charge is 2.22. The molecule has 1 fully saturated rings. The molecule has 3 aromatic heterocycles. The van der Waals surface area contributed by atoms with Crippen molar-refractivity contribution in [2.75, 3.05) is 26.2 Å². The van der Waals surface area contributed by atoms with E-state index in [2.05, 4.69) is 74.6 Å². The molecule has 0 atom stereocenters. The van der Waals surface area contributed by atoms with Crippen LogP contribution in [0.25, 0.3) is 17.1 Å². The maximum absolute atomic E-state index is 6.09. The van der Waals surface area contributed by atoms with Crippen LogP contribution in [-0.2, 0) is 26.1 Å². The molecule has 1 aliphatic rings. The number of rotatable bonds is 8. The quantitative estimate of drug-likeness (QED) is 0.326. The van der Waals surface area contributed by atoms with Crippen molar-refractivity contribution >= 4 is 12.2 Å². The van der Waals surface area contributed by atoms with Gasteiger partial charge in [-0.05, 0) is 66.0 Å². The third-order valence-electron chi connectivity index (χ3n) is 6.90. The van der Waals surface area contributed by atoms with Crippen molar-refractivity contribution < 1.29 is 0 Å². The standard InChI is InChI=1S/C28H33N7S/c1-3-23-7-5-8-24(4-2)26(23)35-27(25-9-6-12-30-19-25)31-34(28(35)36)21-33-17-15-32(16-18-33)20-22-10-13-29-14-11-22/h5-14,19H,3-4,15-18,20-21H2,1-2H3. The van der Waals surface area contributed by atoms with Crippen LogP contribution >= 0.6 is 12.2 Å². The van der Waals surface area contributed by atoms with Crippen LogP contribution in [0.5, 0.6) is 0 Å². The first-order valence-electron chi connectivity index (χ1n) is 12.7. The third-order valence-corrected chi connectivity index (χ3v) is 7.30. The van der Waals surface area contributed by atoms with E-state index >= 15 is 0 Å². The average Bonchev–Trinajstić information content (AvgIpc) is 3.25. The maximum Gasteiger partial charge on any atom is 0.204 e. The molecule has 1 saturated heterocycles. The van der Waals surface area contributed by atoms with Crippen molar-refractivity contribution in [2.24, 2.45) is 0 Å². The zero-order valence-corrected chi connectivity index (χ0v) is 21.9. The number of hydrogen-bond acceptors (Lipinski definition) is 6. The third kappa shape index (κ3) is 5.16. The van der Waals surface area contributed by atoms with Gasteiger partial charge in [0.25, 0.3) is 0 Å². The normalized spacial score (nSPS) is 14.8. The van der Waals surface area contributed by atoms with Gasteiger partial charge in [0.15, 0.2) is 5.82 Å². The number of hydrogen-bond donors (Lipinski definition) is 0. The molecule has 0 radical (unpaired) electrons. The zero-order valence-electron chi connectivity index (χ0n) is 21.0. The van der Waals surface area contributed by atoms with Crippen LogP contribution in [0.3, 0.4) is 0 Å². The van der Waals surface area contributed by atoms with E-state index in [9.17, 15) is 0 Å². The van der Waals surface area contributed by atoms with Crippen LogP contribution in [0.15, 0.2) is 67.3 Å². The Kier molecular flexibility index (Phi) is 7.65. The van der Waals surface area contributed by atoms with E-state index in [1.165, 1.54) is 22.4 Å². The average molecular weight is 500 g/mol. The lowest BCUT2D eigenvalue weighted by atomic mass is 10.0. The predicted octanol–water partition coefficient (Wildman–Crippen LogP) is 4.76. The first kappa shape index (κ1) is 24.5. The van der Waals surface area contributed by atoms with E-state index in [-0.39, 0.29) is 0 Å². The molecule has 1 aliphatic heterocycles. The molecule has 0 saturated carbocycles. The minimum Gasteiger partial charge on any atom is -0.297 e. The summed E-state index contributed by atoms with van der Waals surface area (Å²) in [7, 11) is 0. The van der Waals surface area contributed by atoms with E-state index in [1.807, 2.05) is 29.3 Å². The lowest BCUT2D eigenvalue weighted by Gasteiger charge is -2.34. The molecule has 0 spiro atoms. The summed E-state index contributed by atoms with van der Waals surface area (Å²) in [6.45, 7) is 10.0. The minimum atomic E-state index is 0.679. The molecular weight excluding hydrogens is 466 g/mol. The first-order chi connectivity index (χ1) is 17.7. The summed E-state index contributed by atoms with van der Waals surface area (Å²) >= 11 is 6.09. The van der Waals surface area contributed by atoms with Gasteiger partial charge in [-0.3, -0.25) is 24.3 Å². The van der Waals surface area contributed by atoms with Crippen LogP contribution in [0, 0.1) is 4.77 Å². The van der Waals surface area contributed by atoms with Gasteiger partial charge in [-0.25, -0.2) is 4.68 Å². The Morgan fingerprint density at radius 2 is 1.50 bits per heavy atom. The topological polar surface area (TPSA) is 55.0 Å². The molecule has 7 nitrogen and oxygen atoms in total. The molecule has 8 heteroatoms. The Bertz CT molecular complexity index is 1320. The van der Waals surface area contributed by atoms with E-state index < -0.39 is 0 Å². The number of para-hydroxylation sites is 1. The highest BCUT2D eigenvalue weighted by molar-refractivity contribution is 7.71. The van der Waals surface area contributed by atoms with Gasteiger partial charge in [0.05, 0.1) is 12.4 Å². The number of pyridine rings is 2. The van der Waals surface area contributed by atoms with Crippen molar-refractivity contribution in [3.8, 4) is 17.1 Å². The van der Waals surface area contributed by atoms with Gasteiger partial charge in [-0.2, -0.15) is 0 Å². The van der Waals surface area contributed by atoms with Gasteiger partial charge in [0.2, 0.25) is 4.77 Å². The molecule has 186 valence electrons. The molecule has 0 unspecified atom stereocenters. The van der Waals surface area contributed by atoms with Crippen LogP contribution in [0.2, 0.25) is 0 Å². The highest BCUT2D eigenvalue weighted by Crippen LogP contribution is 2.28. The zero-order chi connectivity index (χ0) is 24.9. The van der Waals surface area contributed by atoms with Gasteiger partial charge in [-0.15, -0.1) is 5.10 Å². The monoisotopic (exact) mass is 499 g/mol. The summed E-state index contributed by atoms with van der Waals surface area (Å²) in [5.41, 5.74) is 6.00. The van der Waals surface area contributed by atoms with Crippen molar-refractivity contribution in [1.29, 1.82) is 0 Å². The Balaban J connectivity index is 1.44. The van der Waals surface area contributed by atoms with Crippen molar-refractivity contribution in [3.05, 3.63) is 88.7 Å². The number of aromatic nitrogens is 5. The smallest absolute Gasteiger partial charge is 0.204 e. The summed E-state index contributed by atoms with van der Waals surface area (Å²) in [5, 5.41) is 5.06. The van der Waals surface area contributed by atoms with Gasteiger partial charge >= 0.3 is 0 Å². The van der Waals surface area contributed by atoms with E-state index in [0.29, 0.717) is 6.67 Å². The molecule has 4 aromatic rings. The Morgan fingerprint density at radius 3 is 2.14 bits per heavy atom. The molecule has 1 aromatic carbocycles. The first-order valence-corrected chi connectivity index (χ1v) is 13.1.